The van der Waals surface area contributed by atoms with Gasteiger partial charge < -0.3 is 14.9 Å². The molecule has 1 aliphatic rings. The number of rotatable bonds is 5. The first-order valence-electron chi connectivity index (χ1n) is 6.42. The number of hydrogen-bond donors (Lipinski definition) is 1. The average Bonchev–Trinajstić information content (AvgIpc) is 2.63. The van der Waals surface area contributed by atoms with Gasteiger partial charge in [0.05, 0.1) is 17.9 Å². The summed E-state index contributed by atoms with van der Waals surface area (Å²) >= 11 is 0. The molecule has 2 rings (SSSR count). The van der Waals surface area contributed by atoms with Gasteiger partial charge in [0.1, 0.15) is 0 Å². The van der Waals surface area contributed by atoms with Gasteiger partial charge in [0.2, 0.25) is 0 Å². The van der Waals surface area contributed by atoms with Crippen molar-refractivity contribution in [3.63, 3.8) is 0 Å². The molecule has 0 atom stereocenters. The van der Waals surface area contributed by atoms with E-state index in [1.165, 1.54) is 4.90 Å². The normalized spacial score (nSPS) is 13.9. The van der Waals surface area contributed by atoms with E-state index in [0.717, 1.165) is 18.7 Å². The summed E-state index contributed by atoms with van der Waals surface area (Å²) in [5.74, 6) is -0.940. The van der Waals surface area contributed by atoms with Crippen LogP contribution in [0.3, 0.4) is 0 Å². The van der Waals surface area contributed by atoms with E-state index >= 15 is 0 Å². The molecule has 0 aliphatic carbocycles. The standard InChI is InChI=1S/C14H18N2O3/c1-3-6-16(7-8-17)10-4-5-11-12(9-10)15(2)14(19)13(11)18/h4-5,9,17H,3,6-8H2,1-2H3. The molecule has 1 N–H and O–H groups in total. The van der Waals surface area contributed by atoms with E-state index in [0.29, 0.717) is 17.8 Å². The number of aliphatic hydroxyl groups excluding tert-OH is 1. The number of carbonyl (C=O) groups is 2. The van der Waals surface area contributed by atoms with E-state index in [4.69, 9.17) is 5.11 Å². The molecule has 0 fully saturated rings. The lowest BCUT2D eigenvalue weighted by atomic mass is 10.1. The molecule has 19 heavy (non-hydrogen) atoms. The topological polar surface area (TPSA) is 60.9 Å². The molecule has 0 radical (unpaired) electrons. The highest BCUT2D eigenvalue weighted by Gasteiger charge is 2.33. The number of Topliss-reactive ketones (excluding diaryl/α,β-unsaturated/α-hetero) is 1. The Balaban J connectivity index is 2.36. The Labute approximate surface area is 112 Å². The van der Waals surface area contributed by atoms with Crippen molar-refractivity contribution in [3.8, 4) is 0 Å². The Morgan fingerprint density at radius 2 is 2.00 bits per heavy atom. The number of likely N-dealkylation sites (N-methyl/N-ethyl adjacent to an activating group) is 1. The predicted molar refractivity (Wildman–Crippen MR) is 73.8 cm³/mol. The molecular formula is C14H18N2O3. The Kier molecular flexibility index (Phi) is 3.85. The molecule has 1 aromatic rings. The lowest BCUT2D eigenvalue weighted by Gasteiger charge is -2.24. The van der Waals surface area contributed by atoms with Gasteiger partial charge in [0.25, 0.3) is 11.7 Å². The van der Waals surface area contributed by atoms with Gasteiger partial charge in [-0.1, -0.05) is 6.92 Å². The second-order valence-electron chi connectivity index (χ2n) is 4.61. The Morgan fingerprint density at radius 3 is 2.63 bits per heavy atom. The molecule has 1 aliphatic heterocycles. The van der Waals surface area contributed by atoms with Crippen LogP contribution in [0.1, 0.15) is 23.7 Å². The molecule has 1 heterocycles. The van der Waals surface area contributed by atoms with Gasteiger partial charge in [-0.3, -0.25) is 9.59 Å². The number of amides is 1. The number of nitrogens with zero attached hydrogens (tertiary/aromatic N) is 2. The zero-order chi connectivity index (χ0) is 14.0. The number of ketones is 1. The van der Waals surface area contributed by atoms with Crippen LogP contribution in [0, 0.1) is 0 Å². The summed E-state index contributed by atoms with van der Waals surface area (Å²) in [5.41, 5.74) is 2.02. The summed E-state index contributed by atoms with van der Waals surface area (Å²) in [6, 6.07) is 5.35. The van der Waals surface area contributed by atoms with E-state index < -0.39 is 11.7 Å². The first-order valence-corrected chi connectivity index (χ1v) is 6.42. The fraction of sp³-hybridized carbons (Fsp3) is 0.429. The molecule has 5 nitrogen and oxygen atoms in total. The van der Waals surface area contributed by atoms with E-state index in [9.17, 15) is 9.59 Å². The van der Waals surface area contributed by atoms with Crippen LogP contribution < -0.4 is 9.80 Å². The summed E-state index contributed by atoms with van der Waals surface area (Å²) in [6.07, 6.45) is 0.963. The average molecular weight is 262 g/mol. The van der Waals surface area contributed by atoms with Crippen molar-refractivity contribution < 1.29 is 14.7 Å². The largest absolute Gasteiger partial charge is 0.395 e. The molecule has 102 valence electrons. The molecule has 1 aromatic carbocycles. The van der Waals surface area contributed by atoms with E-state index in [1.807, 2.05) is 17.0 Å². The maximum Gasteiger partial charge on any atom is 0.299 e. The maximum absolute atomic E-state index is 11.7. The van der Waals surface area contributed by atoms with Crippen LogP contribution in [-0.2, 0) is 4.79 Å². The van der Waals surface area contributed by atoms with Crippen LogP contribution in [0.5, 0.6) is 0 Å². The molecule has 5 heteroatoms. The minimum Gasteiger partial charge on any atom is -0.395 e. The third kappa shape index (κ3) is 2.33. The van der Waals surface area contributed by atoms with Gasteiger partial charge in [-0.2, -0.15) is 0 Å². The number of aliphatic hydroxyl groups is 1. The first kappa shape index (κ1) is 13.5. The molecule has 0 spiro atoms. The molecule has 0 unspecified atom stereocenters. The highest BCUT2D eigenvalue weighted by atomic mass is 16.3. The van der Waals surface area contributed by atoms with Crippen molar-refractivity contribution >= 4 is 23.1 Å². The van der Waals surface area contributed by atoms with Crippen LogP contribution in [0.2, 0.25) is 0 Å². The highest BCUT2D eigenvalue weighted by Crippen LogP contribution is 2.31. The van der Waals surface area contributed by atoms with E-state index in [1.54, 1.807) is 13.1 Å². The van der Waals surface area contributed by atoms with Crippen molar-refractivity contribution in [2.45, 2.75) is 13.3 Å². The number of benzene rings is 1. The van der Waals surface area contributed by atoms with Gasteiger partial charge in [0, 0.05) is 25.8 Å². The lowest BCUT2D eigenvalue weighted by molar-refractivity contribution is -0.114. The van der Waals surface area contributed by atoms with Gasteiger partial charge in [-0.05, 0) is 24.6 Å². The van der Waals surface area contributed by atoms with Crippen molar-refractivity contribution in [2.24, 2.45) is 0 Å². The van der Waals surface area contributed by atoms with Crippen molar-refractivity contribution in [3.05, 3.63) is 23.8 Å². The minimum absolute atomic E-state index is 0.0742. The van der Waals surface area contributed by atoms with Crippen LogP contribution in [0.25, 0.3) is 0 Å². The Bertz CT molecular complexity index is 507. The van der Waals surface area contributed by atoms with E-state index in [2.05, 4.69) is 6.92 Å². The highest BCUT2D eigenvalue weighted by molar-refractivity contribution is 6.52. The summed E-state index contributed by atoms with van der Waals surface area (Å²) < 4.78 is 0. The number of anilines is 2. The van der Waals surface area contributed by atoms with E-state index in [-0.39, 0.29) is 6.61 Å². The summed E-state index contributed by atoms with van der Waals surface area (Å²) in [7, 11) is 1.60. The van der Waals surface area contributed by atoms with Crippen molar-refractivity contribution in [1.82, 2.24) is 0 Å². The third-order valence-electron chi connectivity index (χ3n) is 3.31. The number of carbonyl (C=O) groups excluding carboxylic acids is 2. The molecule has 0 bridgehead atoms. The minimum atomic E-state index is -0.489. The predicted octanol–water partition coefficient (Wildman–Crippen LogP) is 1.05. The molecule has 0 aromatic heterocycles. The van der Waals surface area contributed by atoms with Crippen LogP contribution in [0.15, 0.2) is 18.2 Å². The zero-order valence-corrected chi connectivity index (χ0v) is 11.2. The number of fused-ring (bicyclic) bond motifs is 1. The first-order chi connectivity index (χ1) is 9.10. The molecular weight excluding hydrogens is 244 g/mol. The van der Waals surface area contributed by atoms with Gasteiger partial charge in [-0.25, -0.2) is 0 Å². The molecule has 0 saturated heterocycles. The van der Waals surface area contributed by atoms with Crippen LogP contribution >= 0.6 is 0 Å². The van der Waals surface area contributed by atoms with Gasteiger partial charge >= 0.3 is 0 Å². The second kappa shape index (κ2) is 5.40. The summed E-state index contributed by atoms with van der Waals surface area (Å²) in [4.78, 5) is 26.7. The third-order valence-corrected chi connectivity index (χ3v) is 3.31. The van der Waals surface area contributed by atoms with Gasteiger partial charge in [0.15, 0.2) is 0 Å². The quantitative estimate of drug-likeness (QED) is 0.806. The lowest BCUT2D eigenvalue weighted by Crippen LogP contribution is -2.27. The van der Waals surface area contributed by atoms with Gasteiger partial charge in [-0.15, -0.1) is 0 Å². The fourth-order valence-corrected chi connectivity index (χ4v) is 2.32. The zero-order valence-electron chi connectivity index (χ0n) is 11.2. The monoisotopic (exact) mass is 262 g/mol. The smallest absolute Gasteiger partial charge is 0.299 e. The Hall–Kier alpha value is -1.88. The van der Waals surface area contributed by atoms with Crippen molar-refractivity contribution in [1.29, 1.82) is 0 Å². The number of hydrogen-bond acceptors (Lipinski definition) is 4. The van der Waals surface area contributed by atoms with Crippen LogP contribution in [-0.4, -0.2) is 43.5 Å². The SMILES string of the molecule is CCCN(CCO)c1ccc2c(c1)N(C)C(=O)C2=O. The molecule has 0 saturated carbocycles. The van der Waals surface area contributed by atoms with Crippen LogP contribution in [0.4, 0.5) is 11.4 Å². The fourth-order valence-electron chi connectivity index (χ4n) is 2.32. The summed E-state index contributed by atoms with van der Waals surface area (Å²) in [6.45, 7) is 3.50. The summed E-state index contributed by atoms with van der Waals surface area (Å²) in [5, 5.41) is 9.09. The van der Waals surface area contributed by atoms with Crippen molar-refractivity contribution in [2.75, 3.05) is 36.5 Å². The maximum atomic E-state index is 11.7. The second-order valence-corrected chi connectivity index (χ2v) is 4.61. The Morgan fingerprint density at radius 1 is 1.26 bits per heavy atom. The molecule has 1 amide bonds.